The molecular weight excluding hydrogens is 370 g/mol. The molecule has 0 aliphatic carbocycles. The van der Waals surface area contributed by atoms with E-state index in [-0.39, 0.29) is 0 Å². The first kappa shape index (κ1) is 21.0. The van der Waals surface area contributed by atoms with Gasteiger partial charge in [-0.3, -0.25) is 14.4 Å². The molecule has 0 unspecified atom stereocenters. The molecular formula is C20H20F2N2O4. The molecule has 6 nitrogen and oxygen atoms in total. The van der Waals surface area contributed by atoms with Crippen molar-refractivity contribution in [1.29, 1.82) is 0 Å². The van der Waals surface area contributed by atoms with Crippen LogP contribution in [0.2, 0.25) is 0 Å². The first-order valence-electron chi connectivity index (χ1n) is 8.57. The Labute approximate surface area is 160 Å². The molecule has 0 radical (unpaired) electrons. The maximum atomic E-state index is 13.5. The molecule has 2 amide bonds. The summed E-state index contributed by atoms with van der Waals surface area (Å²) in [7, 11) is 0. The number of benzene rings is 2. The van der Waals surface area contributed by atoms with E-state index in [0.29, 0.717) is 19.0 Å². The summed E-state index contributed by atoms with van der Waals surface area (Å²) in [4.78, 5) is 35.1. The van der Waals surface area contributed by atoms with Crippen LogP contribution in [0.25, 0.3) is 0 Å². The van der Waals surface area contributed by atoms with E-state index in [1.807, 2.05) is 31.2 Å². The zero-order valence-corrected chi connectivity index (χ0v) is 15.3. The van der Waals surface area contributed by atoms with Crippen molar-refractivity contribution in [2.24, 2.45) is 0 Å². The Morgan fingerprint density at radius 3 is 2.50 bits per heavy atom. The molecule has 0 spiro atoms. The molecule has 2 aromatic carbocycles. The molecule has 0 fully saturated rings. The number of hydrogen-bond donors (Lipinski definition) is 2. The highest BCUT2D eigenvalue weighted by molar-refractivity contribution is 5.96. The summed E-state index contributed by atoms with van der Waals surface area (Å²) in [5.74, 6) is -4.08. The number of ether oxygens (including phenoxy) is 1. The summed E-state index contributed by atoms with van der Waals surface area (Å²) >= 11 is 0. The molecule has 0 aromatic heterocycles. The monoisotopic (exact) mass is 390 g/mol. The van der Waals surface area contributed by atoms with E-state index >= 15 is 0 Å². The summed E-state index contributed by atoms with van der Waals surface area (Å²) in [6, 6.07) is 10.2. The van der Waals surface area contributed by atoms with Crippen LogP contribution in [0.1, 0.15) is 21.5 Å². The van der Waals surface area contributed by atoms with Crippen molar-refractivity contribution in [2.45, 2.75) is 13.3 Å². The van der Waals surface area contributed by atoms with Gasteiger partial charge in [0, 0.05) is 12.6 Å². The molecule has 0 heterocycles. The van der Waals surface area contributed by atoms with E-state index in [9.17, 15) is 23.2 Å². The van der Waals surface area contributed by atoms with E-state index in [1.54, 1.807) is 0 Å². The zero-order valence-electron chi connectivity index (χ0n) is 15.3. The molecule has 0 bridgehead atoms. The minimum absolute atomic E-state index is 0.391. The van der Waals surface area contributed by atoms with Crippen LogP contribution in [0.15, 0.2) is 42.5 Å². The average molecular weight is 390 g/mol. The van der Waals surface area contributed by atoms with Gasteiger partial charge in [0.25, 0.3) is 11.8 Å². The quantitative estimate of drug-likeness (QED) is 0.675. The van der Waals surface area contributed by atoms with Crippen LogP contribution in [0.4, 0.5) is 8.78 Å². The van der Waals surface area contributed by atoms with Crippen molar-refractivity contribution < 1.29 is 27.9 Å². The number of amides is 2. The van der Waals surface area contributed by atoms with Gasteiger partial charge in [0.05, 0.1) is 5.56 Å². The number of aryl methyl sites for hydroxylation is 1. The number of nitrogens with one attached hydrogen (secondary N) is 2. The second-order valence-electron chi connectivity index (χ2n) is 5.99. The number of hydrogen-bond acceptors (Lipinski definition) is 4. The third-order valence-electron chi connectivity index (χ3n) is 3.91. The molecule has 0 aliphatic heterocycles. The average Bonchev–Trinajstić information content (AvgIpc) is 2.66. The molecule has 0 aliphatic rings. The van der Waals surface area contributed by atoms with Crippen LogP contribution in [0.5, 0.6) is 0 Å². The third-order valence-corrected chi connectivity index (χ3v) is 3.91. The highest BCUT2D eigenvalue weighted by Crippen LogP contribution is 2.09. The Morgan fingerprint density at radius 1 is 1.04 bits per heavy atom. The van der Waals surface area contributed by atoms with Crippen molar-refractivity contribution in [3.63, 3.8) is 0 Å². The van der Waals surface area contributed by atoms with E-state index in [4.69, 9.17) is 4.74 Å². The van der Waals surface area contributed by atoms with E-state index in [2.05, 4.69) is 10.6 Å². The van der Waals surface area contributed by atoms with Crippen LogP contribution in [0.3, 0.4) is 0 Å². The van der Waals surface area contributed by atoms with Gasteiger partial charge in [-0.05, 0) is 36.6 Å². The number of rotatable bonds is 8. The lowest BCUT2D eigenvalue weighted by molar-refractivity contribution is -0.147. The predicted molar refractivity (Wildman–Crippen MR) is 97.5 cm³/mol. The van der Waals surface area contributed by atoms with Gasteiger partial charge in [0.15, 0.2) is 6.61 Å². The lowest BCUT2D eigenvalue weighted by Crippen LogP contribution is -2.34. The molecule has 2 aromatic rings. The Kier molecular flexibility index (Phi) is 7.62. The van der Waals surface area contributed by atoms with Gasteiger partial charge in [-0.2, -0.15) is 0 Å². The van der Waals surface area contributed by atoms with Crippen LogP contribution < -0.4 is 10.6 Å². The van der Waals surface area contributed by atoms with Crippen molar-refractivity contribution in [1.82, 2.24) is 10.6 Å². The second-order valence-corrected chi connectivity index (χ2v) is 5.99. The molecule has 0 saturated carbocycles. The lowest BCUT2D eigenvalue weighted by Gasteiger charge is -2.09. The number of halogens is 2. The van der Waals surface area contributed by atoms with Crippen LogP contribution in [-0.4, -0.2) is 37.5 Å². The molecule has 148 valence electrons. The van der Waals surface area contributed by atoms with Gasteiger partial charge in [-0.15, -0.1) is 0 Å². The normalized spacial score (nSPS) is 10.2. The van der Waals surface area contributed by atoms with Crippen LogP contribution >= 0.6 is 0 Å². The highest BCUT2D eigenvalue weighted by Gasteiger charge is 2.14. The number of esters is 1. The van der Waals surface area contributed by atoms with E-state index in [1.165, 1.54) is 0 Å². The van der Waals surface area contributed by atoms with Gasteiger partial charge in [-0.1, -0.05) is 24.3 Å². The Hall–Kier alpha value is -3.29. The molecule has 28 heavy (non-hydrogen) atoms. The number of carbonyl (C=O) groups is 3. The van der Waals surface area contributed by atoms with Gasteiger partial charge in [0.2, 0.25) is 0 Å². The summed E-state index contributed by atoms with van der Waals surface area (Å²) in [5.41, 5.74) is 1.83. The lowest BCUT2D eigenvalue weighted by atomic mass is 10.1. The maximum absolute atomic E-state index is 13.5. The molecule has 2 N–H and O–H groups in total. The highest BCUT2D eigenvalue weighted by atomic mass is 19.1. The first-order valence-corrected chi connectivity index (χ1v) is 8.57. The minimum atomic E-state index is -1.04. The minimum Gasteiger partial charge on any atom is -0.454 e. The zero-order chi connectivity index (χ0) is 20.5. The Bertz CT molecular complexity index is 871. The fraction of sp³-hybridized carbons (Fsp3) is 0.250. The summed E-state index contributed by atoms with van der Waals surface area (Å²) in [6.07, 6.45) is 0.644. The topological polar surface area (TPSA) is 84.5 Å². The standard InChI is InChI=1S/C20H20F2N2O4/c1-13-4-2-3-5-14(13)8-9-23-18(25)12-28-19(26)11-24-20(27)16-7-6-15(21)10-17(16)22/h2-7,10H,8-9,11-12H2,1H3,(H,23,25)(H,24,27). The van der Waals surface area contributed by atoms with Crippen molar-refractivity contribution in [3.8, 4) is 0 Å². The number of carbonyl (C=O) groups excluding carboxylic acids is 3. The largest absolute Gasteiger partial charge is 0.454 e. The smallest absolute Gasteiger partial charge is 0.325 e. The fourth-order valence-electron chi connectivity index (χ4n) is 2.40. The van der Waals surface area contributed by atoms with Crippen molar-refractivity contribution >= 4 is 17.8 Å². The van der Waals surface area contributed by atoms with Crippen LogP contribution in [0, 0.1) is 18.6 Å². The summed E-state index contributed by atoms with van der Waals surface area (Å²) < 4.78 is 31.0. The van der Waals surface area contributed by atoms with Gasteiger partial charge < -0.3 is 15.4 Å². The van der Waals surface area contributed by atoms with Crippen molar-refractivity contribution in [2.75, 3.05) is 19.7 Å². The fourth-order valence-corrected chi connectivity index (χ4v) is 2.40. The molecule has 2 rings (SSSR count). The van der Waals surface area contributed by atoms with Crippen LogP contribution in [-0.2, 0) is 20.7 Å². The van der Waals surface area contributed by atoms with Gasteiger partial charge in [-0.25, -0.2) is 8.78 Å². The van der Waals surface area contributed by atoms with E-state index < -0.39 is 48.1 Å². The third kappa shape index (κ3) is 6.46. The Balaban J connectivity index is 1.67. The van der Waals surface area contributed by atoms with Gasteiger partial charge in [0.1, 0.15) is 18.2 Å². The van der Waals surface area contributed by atoms with E-state index in [0.717, 1.165) is 23.3 Å². The SMILES string of the molecule is Cc1ccccc1CCNC(=O)COC(=O)CNC(=O)c1ccc(F)cc1F. The predicted octanol–water partition coefficient (Wildman–Crippen LogP) is 1.91. The molecule has 0 atom stereocenters. The van der Waals surface area contributed by atoms with Crippen molar-refractivity contribution in [3.05, 3.63) is 70.8 Å². The summed E-state index contributed by atoms with van der Waals surface area (Å²) in [6.45, 7) is 1.33. The second kappa shape index (κ2) is 10.1. The van der Waals surface area contributed by atoms with Gasteiger partial charge >= 0.3 is 5.97 Å². The Morgan fingerprint density at radius 2 is 1.79 bits per heavy atom. The molecule has 0 saturated heterocycles. The first-order chi connectivity index (χ1) is 13.4. The summed E-state index contributed by atoms with van der Waals surface area (Å²) in [5, 5.41) is 4.77. The molecule has 8 heteroatoms. The maximum Gasteiger partial charge on any atom is 0.325 e.